The van der Waals surface area contributed by atoms with Crippen LogP contribution in [0, 0.1) is 0 Å². The van der Waals surface area contributed by atoms with E-state index in [0.29, 0.717) is 0 Å². The van der Waals surface area contributed by atoms with E-state index in [9.17, 15) is 4.79 Å². The molecule has 0 spiro atoms. The molecule has 0 aliphatic heterocycles. The number of hydrogen-bond acceptors (Lipinski definition) is 2. The van der Waals surface area contributed by atoms with E-state index in [2.05, 4.69) is 0 Å². The summed E-state index contributed by atoms with van der Waals surface area (Å²) in [6, 6.07) is 19.3. The molecular weight excluding hydrogens is 240 g/mol. The molecule has 2 rings (SSSR count). The Bertz CT molecular complexity index is 544. The Hall–Kier alpha value is -1.80. The number of allylic oxidation sites excluding steroid dienone is 1. The van der Waals surface area contributed by atoms with Crippen molar-refractivity contribution < 1.29 is 4.79 Å². The lowest BCUT2D eigenvalue weighted by Crippen LogP contribution is -1.94. The van der Waals surface area contributed by atoms with Crippen LogP contribution in [0.5, 0.6) is 0 Å². The molecule has 0 N–H and O–H groups in total. The molecule has 0 aliphatic carbocycles. The smallest absolute Gasteiger partial charge is 0.186 e. The number of hydrogen-bond donors (Lipinski definition) is 0. The molecule has 18 heavy (non-hydrogen) atoms. The van der Waals surface area contributed by atoms with E-state index in [1.165, 1.54) is 0 Å². The zero-order valence-corrected chi connectivity index (χ0v) is 11.0. The van der Waals surface area contributed by atoms with Crippen LogP contribution in [0.1, 0.15) is 15.9 Å². The van der Waals surface area contributed by atoms with E-state index < -0.39 is 0 Å². The minimum Gasteiger partial charge on any atom is -0.289 e. The first kappa shape index (κ1) is 12.7. The van der Waals surface area contributed by atoms with E-state index in [4.69, 9.17) is 0 Å². The Labute approximate surface area is 112 Å². The van der Waals surface area contributed by atoms with Gasteiger partial charge in [-0.05, 0) is 11.8 Å². The van der Waals surface area contributed by atoms with Gasteiger partial charge in [-0.15, -0.1) is 11.8 Å². The minimum absolute atomic E-state index is 0.0452. The summed E-state index contributed by atoms with van der Waals surface area (Å²) in [6.45, 7) is 0. The van der Waals surface area contributed by atoms with Crippen LogP contribution in [0.2, 0.25) is 0 Å². The summed E-state index contributed by atoms with van der Waals surface area (Å²) in [5.41, 5.74) is 1.80. The molecule has 0 heterocycles. The number of carbonyl (C=O) groups excluding carboxylic acids is 1. The van der Waals surface area contributed by atoms with Gasteiger partial charge in [0.25, 0.3) is 0 Å². The van der Waals surface area contributed by atoms with Crippen molar-refractivity contribution >= 4 is 22.5 Å². The van der Waals surface area contributed by atoms with E-state index >= 15 is 0 Å². The summed E-state index contributed by atoms with van der Waals surface area (Å²) in [6.07, 6.45) is 3.69. The fourth-order valence-corrected chi connectivity index (χ4v) is 2.26. The van der Waals surface area contributed by atoms with Gasteiger partial charge in [-0.25, -0.2) is 0 Å². The average Bonchev–Trinajstić information content (AvgIpc) is 2.46. The van der Waals surface area contributed by atoms with Crippen LogP contribution in [0.15, 0.2) is 66.7 Å². The summed E-state index contributed by atoms with van der Waals surface area (Å²) in [5.74, 6) is 0.0452. The van der Waals surface area contributed by atoms with Crippen molar-refractivity contribution in [3.8, 4) is 0 Å². The van der Waals surface area contributed by atoms with Crippen molar-refractivity contribution in [1.82, 2.24) is 0 Å². The molecule has 0 unspecified atom stereocenters. The molecule has 0 atom stereocenters. The first-order valence-electron chi connectivity index (χ1n) is 5.72. The van der Waals surface area contributed by atoms with Gasteiger partial charge in [0, 0.05) is 16.5 Å². The highest BCUT2D eigenvalue weighted by molar-refractivity contribution is 8.07. The van der Waals surface area contributed by atoms with Crippen LogP contribution in [-0.2, 0) is 0 Å². The van der Waals surface area contributed by atoms with Gasteiger partial charge in [0.2, 0.25) is 0 Å². The normalized spacial score (nSPS) is 11.3. The maximum atomic E-state index is 12.1. The van der Waals surface area contributed by atoms with Crippen LogP contribution in [0.3, 0.4) is 0 Å². The Morgan fingerprint density at radius 1 is 0.889 bits per heavy atom. The van der Waals surface area contributed by atoms with Gasteiger partial charge >= 0.3 is 0 Å². The summed E-state index contributed by atoms with van der Waals surface area (Å²) in [5, 5.41) is 0. The fraction of sp³-hybridized carbons (Fsp3) is 0.0625. The van der Waals surface area contributed by atoms with Gasteiger partial charge in [-0.3, -0.25) is 4.79 Å². The largest absolute Gasteiger partial charge is 0.289 e. The number of ketones is 1. The van der Waals surface area contributed by atoms with Crippen LogP contribution < -0.4 is 0 Å². The zero-order chi connectivity index (χ0) is 12.8. The second-order valence-corrected chi connectivity index (χ2v) is 4.66. The van der Waals surface area contributed by atoms with Crippen molar-refractivity contribution in [2.45, 2.75) is 0 Å². The van der Waals surface area contributed by atoms with Gasteiger partial charge in [-0.1, -0.05) is 60.7 Å². The summed E-state index contributed by atoms with van der Waals surface area (Å²) >= 11 is 1.59. The van der Waals surface area contributed by atoms with Gasteiger partial charge in [-0.2, -0.15) is 0 Å². The number of carbonyl (C=O) groups is 1. The van der Waals surface area contributed by atoms with Gasteiger partial charge in [0.15, 0.2) is 5.78 Å². The highest BCUT2D eigenvalue weighted by atomic mass is 32.2. The molecule has 0 aromatic heterocycles. The Balaban J connectivity index is 2.29. The Kier molecular flexibility index (Phi) is 4.37. The molecule has 0 bridgehead atoms. The molecule has 0 aliphatic rings. The monoisotopic (exact) mass is 254 g/mol. The van der Waals surface area contributed by atoms with E-state index in [1.54, 1.807) is 17.8 Å². The third-order valence-corrected chi connectivity index (χ3v) is 3.39. The second kappa shape index (κ2) is 6.22. The first-order chi connectivity index (χ1) is 8.81. The second-order valence-electron chi connectivity index (χ2n) is 3.81. The SMILES string of the molecule is CS/C(=C/C(=O)c1ccccc1)c1ccccc1. The molecule has 0 amide bonds. The molecule has 90 valence electrons. The lowest BCUT2D eigenvalue weighted by molar-refractivity contribution is 0.104. The molecule has 2 aromatic carbocycles. The number of rotatable bonds is 4. The third-order valence-electron chi connectivity index (χ3n) is 2.60. The van der Waals surface area contributed by atoms with Gasteiger partial charge < -0.3 is 0 Å². The number of thioether (sulfide) groups is 1. The molecule has 2 heteroatoms. The maximum Gasteiger partial charge on any atom is 0.186 e. The van der Waals surface area contributed by atoms with E-state index in [1.807, 2.05) is 66.9 Å². The highest BCUT2D eigenvalue weighted by Crippen LogP contribution is 2.25. The van der Waals surface area contributed by atoms with Crippen molar-refractivity contribution in [3.63, 3.8) is 0 Å². The maximum absolute atomic E-state index is 12.1. The summed E-state index contributed by atoms with van der Waals surface area (Å²) in [4.78, 5) is 13.1. The predicted octanol–water partition coefficient (Wildman–Crippen LogP) is 4.27. The Morgan fingerprint density at radius 2 is 1.39 bits per heavy atom. The Morgan fingerprint density at radius 3 is 1.89 bits per heavy atom. The fourth-order valence-electron chi connectivity index (χ4n) is 1.67. The summed E-state index contributed by atoms with van der Waals surface area (Å²) in [7, 11) is 0. The van der Waals surface area contributed by atoms with Crippen molar-refractivity contribution in [2.75, 3.05) is 6.26 Å². The zero-order valence-electron chi connectivity index (χ0n) is 10.2. The van der Waals surface area contributed by atoms with E-state index in [-0.39, 0.29) is 5.78 Å². The van der Waals surface area contributed by atoms with Crippen LogP contribution in [0.4, 0.5) is 0 Å². The summed E-state index contributed by atoms with van der Waals surface area (Å²) < 4.78 is 0. The topological polar surface area (TPSA) is 17.1 Å². The minimum atomic E-state index is 0.0452. The molecule has 0 fully saturated rings. The lowest BCUT2D eigenvalue weighted by Gasteiger charge is -2.04. The molecule has 0 saturated heterocycles. The van der Waals surface area contributed by atoms with Crippen molar-refractivity contribution in [3.05, 3.63) is 77.9 Å². The van der Waals surface area contributed by atoms with Crippen molar-refractivity contribution in [1.29, 1.82) is 0 Å². The quantitative estimate of drug-likeness (QED) is 0.598. The number of benzene rings is 2. The van der Waals surface area contributed by atoms with Gasteiger partial charge in [0.1, 0.15) is 0 Å². The molecule has 1 nitrogen and oxygen atoms in total. The molecular formula is C16H14OS. The van der Waals surface area contributed by atoms with Gasteiger partial charge in [0.05, 0.1) is 0 Å². The van der Waals surface area contributed by atoms with Crippen LogP contribution in [-0.4, -0.2) is 12.0 Å². The van der Waals surface area contributed by atoms with Crippen LogP contribution >= 0.6 is 11.8 Å². The molecule has 0 saturated carbocycles. The molecule has 0 radical (unpaired) electrons. The average molecular weight is 254 g/mol. The molecule has 2 aromatic rings. The highest BCUT2D eigenvalue weighted by Gasteiger charge is 2.05. The first-order valence-corrected chi connectivity index (χ1v) is 6.94. The standard InChI is InChI=1S/C16H14OS/c1-18-16(14-10-6-3-7-11-14)12-15(17)13-8-4-2-5-9-13/h2-12H,1H3/b16-12+. The van der Waals surface area contributed by atoms with Crippen LogP contribution in [0.25, 0.3) is 4.91 Å². The van der Waals surface area contributed by atoms with E-state index in [0.717, 1.165) is 16.0 Å². The van der Waals surface area contributed by atoms with Crippen molar-refractivity contribution in [2.24, 2.45) is 0 Å². The lowest BCUT2D eigenvalue weighted by atomic mass is 10.1. The third kappa shape index (κ3) is 3.11. The predicted molar refractivity (Wildman–Crippen MR) is 78.7 cm³/mol.